The lowest BCUT2D eigenvalue weighted by molar-refractivity contribution is 0.203. The second-order valence-corrected chi connectivity index (χ2v) is 5.70. The zero-order valence-corrected chi connectivity index (χ0v) is 15.9. The van der Waals surface area contributed by atoms with Crippen LogP contribution in [0.3, 0.4) is 0 Å². The normalized spacial score (nSPS) is 16.9. The highest BCUT2D eigenvalue weighted by Crippen LogP contribution is 2.40. The van der Waals surface area contributed by atoms with Gasteiger partial charge < -0.3 is 15.4 Å². The molecule has 1 saturated carbocycles. The van der Waals surface area contributed by atoms with E-state index >= 15 is 0 Å². The molecule has 2 N–H and O–H groups in total. The Hall–Kier alpha value is -0.820. The minimum Gasteiger partial charge on any atom is -0.383 e. The Kier molecular flexibility index (Phi) is 8.78. The minimum atomic E-state index is 0. The van der Waals surface area contributed by atoms with Gasteiger partial charge in [0, 0.05) is 32.7 Å². The van der Waals surface area contributed by atoms with E-state index in [4.69, 9.17) is 4.74 Å². The lowest BCUT2D eigenvalue weighted by atomic mass is 9.79. The van der Waals surface area contributed by atoms with Gasteiger partial charge in [0.15, 0.2) is 5.96 Å². The third kappa shape index (κ3) is 5.12. The third-order valence-electron chi connectivity index (χ3n) is 4.36. The molecule has 1 aliphatic rings. The largest absolute Gasteiger partial charge is 0.383 e. The molecule has 0 bridgehead atoms. The number of benzene rings is 1. The maximum absolute atomic E-state index is 5.06. The van der Waals surface area contributed by atoms with E-state index in [0.29, 0.717) is 6.61 Å². The summed E-state index contributed by atoms with van der Waals surface area (Å²) in [7, 11) is 3.52. The molecule has 0 amide bonds. The molecule has 0 aromatic heterocycles. The van der Waals surface area contributed by atoms with Crippen molar-refractivity contribution < 1.29 is 4.74 Å². The zero-order chi connectivity index (χ0) is 15.0. The van der Waals surface area contributed by atoms with E-state index in [0.717, 1.165) is 19.0 Å². The highest BCUT2D eigenvalue weighted by atomic mass is 127. The van der Waals surface area contributed by atoms with E-state index in [1.54, 1.807) is 7.11 Å². The summed E-state index contributed by atoms with van der Waals surface area (Å²) in [4.78, 5) is 4.28. The molecule has 124 valence electrons. The Morgan fingerprint density at radius 1 is 1.18 bits per heavy atom. The Labute approximate surface area is 151 Å². The number of aliphatic imine (C=N–C) groups is 1. The molecule has 1 aromatic carbocycles. The predicted octanol–water partition coefficient (Wildman–Crippen LogP) is 2.93. The number of halogens is 1. The number of nitrogens with one attached hydrogen (secondary N) is 2. The van der Waals surface area contributed by atoms with Crippen molar-refractivity contribution in [3.63, 3.8) is 0 Å². The summed E-state index contributed by atoms with van der Waals surface area (Å²) in [5.41, 5.74) is 1.70. The fourth-order valence-corrected chi connectivity index (χ4v) is 3.16. The van der Waals surface area contributed by atoms with Gasteiger partial charge >= 0.3 is 0 Å². The smallest absolute Gasteiger partial charge is 0.191 e. The van der Waals surface area contributed by atoms with Gasteiger partial charge in [-0.05, 0) is 18.4 Å². The molecule has 0 radical (unpaired) electrons. The summed E-state index contributed by atoms with van der Waals surface area (Å²) in [6.07, 6.45) is 5.12. The van der Waals surface area contributed by atoms with Crippen LogP contribution in [0.4, 0.5) is 0 Å². The third-order valence-corrected chi connectivity index (χ3v) is 4.36. The fraction of sp³-hybridized carbons (Fsp3) is 0.588. The fourth-order valence-electron chi connectivity index (χ4n) is 3.16. The SMILES string of the molecule is CN=C(NCCOC)NCC1(c2ccccc2)CCCC1.I. The molecular formula is C17H28IN3O. The van der Waals surface area contributed by atoms with Crippen molar-refractivity contribution in [1.29, 1.82) is 0 Å². The molecular weight excluding hydrogens is 389 g/mol. The van der Waals surface area contributed by atoms with Gasteiger partial charge in [0.2, 0.25) is 0 Å². The number of rotatable bonds is 6. The highest BCUT2D eigenvalue weighted by molar-refractivity contribution is 14.0. The topological polar surface area (TPSA) is 45.7 Å². The van der Waals surface area contributed by atoms with Gasteiger partial charge in [0.25, 0.3) is 0 Å². The van der Waals surface area contributed by atoms with Gasteiger partial charge in [0.1, 0.15) is 0 Å². The molecule has 0 unspecified atom stereocenters. The summed E-state index contributed by atoms with van der Waals surface area (Å²) in [5, 5.41) is 6.77. The first-order valence-corrected chi connectivity index (χ1v) is 7.80. The van der Waals surface area contributed by atoms with Gasteiger partial charge in [-0.3, -0.25) is 4.99 Å². The van der Waals surface area contributed by atoms with Crippen molar-refractivity contribution in [3.05, 3.63) is 35.9 Å². The Balaban J connectivity index is 0.00000242. The van der Waals surface area contributed by atoms with Crippen LogP contribution >= 0.6 is 24.0 Å². The van der Waals surface area contributed by atoms with Crippen molar-refractivity contribution >= 4 is 29.9 Å². The van der Waals surface area contributed by atoms with Crippen LogP contribution < -0.4 is 10.6 Å². The van der Waals surface area contributed by atoms with Gasteiger partial charge in [-0.1, -0.05) is 43.2 Å². The van der Waals surface area contributed by atoms with Crippen molar-refractivity contribution in [2.24, 2.45) is 4.99 Å². The lowest BCUT2D eigenvalue weighted by Gasteiger charge is -2.30. The van der Waals surface area contributed by atoms with Crippen LogP contribution in [-0.4, -0.2) is 39.8 Å². The number of hydrogen-bond acceptors (Lipinski definition) is 2. The summed E-state index contributed by atoms with van der Waals surface area (Å²) >= 11 is 0. The molecule has 1 aromatic rings. The summed E-state index contributed by atoms with van der Waals surface area (Å²) in [5.74, 6) is 0.856. The van der Waals surface area contributed by atoms with E-state index < -0.39 is 0 Å². The van der Waals surface area contributed by atoms with Crippen LogP contribution in [0.2, 0.25) is 0 Å². The number of guanidine groups is 1. The average molecular weight is 417 g/mol. The van der Waals surface area contributed by atoms with Crippen LogP contribution in [0.5, 0.6) is 0 Å². The molecule has 1 fully saturated rings. The standard InChI is InChI=1S/C17H27N3O.HI/c1-18-16(19-12-13-21-2)20-14-17(10-6-7-11-17)15-8-4-3-5-9-15;/h3-5,8-9H,6-7,10-14H2,1-2H3,(H2,18,19,20);1H. The maximum atomic E-state index is 5.06. The molecule has 2 rings (SSSR count). The molecule has 0 atom stereocenters. The number of ether oxygens (including phenoxy) is 1. The van der Waals surface area contributed by atoms with Gasteiger partial charge in [-0.25, -0.2) is 0 Å². The first-order valence-electron chi connectivity index (χ1n) is 7.80. The highest BCUT2D eigenvalue weighted by Gasteiger charge is 2.35. The summed E-state index contributed by atoms with van der Waals surface area (Å²) in [6.45, 7) is 2.39. The van der Waals surface area contributed by atoms with Gasteiger partial charge in [-0.2, -0.15) is 0 Å². The van der Waals surface area contributed by atoms with Crippen molar-refractivity contribution in [1.82, 2.24) is 10.6 Å². The number of hydrogen-bond donors (Lipinski definition) is 2. The molecule has 0 saturated heterocycles. The lowest BCUT2D eigenvalue weighted by Crippen LogP contribution is -2.45. The van der Waals surface area contributed by atoms with Crippen molar-refractivity contribution in [2.45, 2.75) is 31.1 Å². The Bertz CT molecular complexity index is 444. The van der Waals surface area contributed by atoms with E-state index in [9.17, 15) is 0 Å². The number of nitrogens with zero attached hydrogens (tertiary/aromatic N) is 1. The van der Waals surface area contributed by atoms with Gasteiger partial charge in [0.05, 0.1) is 6.61 Å². The molecule has 4 nitrogen and oxygen atoms in total. The number of methoxy groups -OCH3 is 1. The van der Waals surface area contributed by atoms with E-state index in [-0.39, 0.29) is 29.4 Å². The minimum absolute atomic E-state index is 0. The molecule has 0 heterocycles. The maximum Gasteiger partial charge on any atom is 0.191 e. The monoisotopic (exact) mass is 417 g/mol. The molecule has 0 spiro atoms. The Morgan fingerprint density at radius 3 is 2.45 bits per heavy atom. The van der Waals surface area contributed by atoms with Gasteiger partial charge in [-0.15, -0.1) is 24.0 Å². The second kappa shape index (κ2) is 10.0. The first kappa shape index (κ1) is 19.2. The van der Waals surface area contributed by atoms with Crippen LogP contribution in [0.25, 0.3) is 0 Å². The quantitative estimate of drug-likeness (QED) is 0.324. The van der Waals surface area contributed by atoms with Crippen LogP contribution in [-0.2, 0) is 10.2 Å². The van der Waals surface area contributed by atoms with Crippen molar-refractivity contribution in [2.75, 3.05) is 33.9 Å². The van der Waals surface area contributed by atoms with Crippen LogP contribution in [0.15, 0.2) is 35.3 Å². The van der Waals surface area contributed by atoms with E-state index in [1.165, 1.54) is 31.2 Å². The van der Waals surface area contributed by atoms with Crippen LogP contribution in [0, 0.1) is 0 Å². The Morgan fingerprint density at radius 2 is 1.86 bits per heavy atom. The molecule has 5 heteroatoms. The molecule has 22 heavy (non-hydrogen) atoms. The predicted molar refractivity (Wildman–Crippen MR) is 103 cm³/mol. The van der Waals surface area contributed by atoms with Crippen LogP contribution in [0.1, 0.15) is 31.2 Å². The molecule has 1 aliphatic carbocycles. The molecule has 0 aliphatic heterocycles. The van der Waals surface area contributed by atoms with E-state index in [2.05, 4.69) is 46.0 Å². The summed E-state index contributed by atoms with van der Waals surface area (Å²) < 4.78 is 5.06. The van der Waals surface area contributed by atoms with Crippen molar-refractivity contribution in [3.8, 4) is 0 Å². The first-order chi connectivity index (χ1) is 10.3. The second-order valence-electron chi connectivity index (χ2n) is 5.70. The zero-order valence-electron chi connectivity index (χ0n) is 13.6. The van der Waals surface area contributed by atoms with E-state index in [1.807, 2.05) is 7.05 Å². The average Bonchev–Trinajstić information content (AvgIpc) is 3.02. The summed E-state index contributed by atoms with van der Waals surface area (Å²) in [6, 6.07) is 10.9.